The van der Waals surface area contributed by atoms with Gasteiger partial charge in [-0.1, -0.05) is 43.1 Å². The van der Waals surface area contributed by atoms with E-state index in [9.17, 15) is 5.11 Å². The molecule has 2 nitrogen and oxygen atoms in total. The quantitative estimate of drug-likeness (QED) is 0.863. The highest BCUT2D eigenvalue weighted by Gasteiger charge is 2.20. The van der Waals surface area contributed by atoms with Crippen molar-refractivity contribution in [2.75, 3.05) is 0 Å². The van der Waals surface area contributed by atoms with Crippen molar-refractivity contribution in [1.82, 2.24) is 0 Å². The highest BCUT2D eigenvalue weighted by Crippen LogP contribution is 2.27. The van der Waals surface area contributed by atoms with E-state index in [1.165, 1.54) is 0 Å². The van der Waals surface area contributed by atoms with Crippen LogP contribution in [0.2, 0.25) is 10.0 Å². The molecule has 1 rings (SSSR count). The minimum absolute atomic E-state index is 0.106. The maximum absolute atomic E-state index is 9.81. The Kier molecular flexibility index (Phi) is 4.41. The van der Waals surface area contributed by atoms with E-state index in [0.717, 1.165) is 5.56 Å². The normalized spacial score (nSPS) is 15.4. The lowest BCUT2D eigenvalue weighted by Crippen LogP contribution is -2.30. The summed E-state index contributed by atoms with van der Waals surface area (Å²) in [5.74, 6) is 0.106. The zero-order valence-corrected chi connectivity index (χ0v) is 10.3. The number of hydrogen-bond acceptors (Lipinski definition) is 2. The Labute approximate surface area is 100.0 Å². The fourth-order valence-corrected chi connectivity index (χ4v) is 1.64. The van der Waals surface area contributed by atoms with Gasteiger partial charge >= 0.3 is 0 Å². The van der Waals surface area contributed by atoms with E-state index in [0.29, 0.717) is 10.0 Å². The second kappa shape index (κ2) is 5.17. The predicted molar refractivity (Wildman–Crippen MR) is 64.2 cm³/mol. The Hall–Kier alpha value is -0.280. The van der Waals surface area contributed by atoms with Crippen LogP contribution in [0.4, 0.5) is 0 Å². The smallest absolute Gasteiger partial charge is 0.0755 e. The van der Waals surface area contributed by atoms with Gasteiger partial charge in [0.1, 0.15) is 0 Å². The molecule has 0 heterocycles. The van der Waals surface area contributed by atoms with Crippen LogP contribution >= 0.6 is 23.2 Å². The molecule has 0 aliphatic rings. The number of aliphatic hydroxyl groups is 1. The van der Waals surface area contributed by atoms with Crippen molar-refractivity contribution in [2.24, 2.45) is 11.7 Å². The first-order valence-corrected chi connectivity index (χ1v) is 5.57. The van der Waals surface area contributed by atoms with Crippen molar-refractivity contribution < 1.29 is 5.11 Å². The molecule has 0 aliphatic carbocycles. The second-order valence-electron chi connectivity index (χ2n) is 3.93. The lowest BCUT2D eigenvalue weighted by Gasteiger charge is -2.22. The summed E-state index contributed by atoms with van der Waals surface area (Å²) in [6.45, 7) is 3.84. The molecule has 0 radical (unpaired) electrons. The van der Waals surface area contributed by atoms with Crippen molar-refractivity contribution in [3.05, 3.63) is 33.8 Å². The molecule has 0 aromatic heterocycles. The van der Waals surface area contributed by atoms with Gasteiger partial charge < -0.3 is 10.8 Å². The average molecular weight is 248 g/mol. The third kappa shape index (κ3) is 3.08. The molecule has 0 saturated heterocycles. The Morgan fingerprint density at radius 1 is 1.20 bits per heavy atom. The fraction of sp³-hybridized carbons (Fsp3) is 0.455. The monoisotopic (exact) mass is 247 g/mol. The molecule has 2 atom stereocenters. The molecule has 3 N–H and O–H groups in total. The van der Waals surface area contributed by atoms with Crippen LogP contribution in [-0.2, 0) is 0 Å². The first-order chi connectivity index (χ1) is 6.93. The summed E-state index contributed by atoms with van der Waals surface area (Å²) in [5.41, 5.74) is 6.70. The Balaban J connectivity index is 2.91. The number of nitrogens with two attached hydrogens (primary N) is 1. The van der Waals surface area contributed by atoms with Crippen LogP contribution in [0.3, 0.4) is 0 Å². The van der Waals surface area contributed by atoms with E-state index < -0.39 is 12.1 Å². The van der Waals surface area contributed by atoms with Crippen molar-refractivity contribution in [3.8, 4) is 0 Å². The van der Waals surface area contributed by atoms with Gasteiger partial charge in [0.2, 0.25) is 0 Å². The summed E-state index contributed by atoms with van der Waals surface area (Å²) in [5, 5.41) is 10.8. The van der Waals surface area contributed by atoms with E-state index in [4.69, 9.17) is 28.9 Å². The zero-order valence-electron chi connectivity index (χ0n) is 8.74. The standard InChI is InChI=1S/C11H15Cl2NO/c1-6(2)11(15)10(14)7-3-4-8(12)9(13)5-7/h3-6,10-11,15H,14H2,1-2H3/t10-,11+/m1/s1. The van der Waals surface area contributed by atoms with E-state index in [1.54, 1.807) is 18.2 Å². The minimum Gasteiger partial charge on any atom is -0.391 e. The molecule has 0 saturated carbocycles. The summed E-state index contributed by atoms with van der Waals surface area (Å²) >= 11 is 11.7. The van der Waals surface area contributed by atoms with Crippen LogP contribution in [0.5, 0.6) is 0 Å². The van der Waals surface area contributed by atoms with E-state index in [1.807, 2.05) is 13.8 Å². The van der Waals surface area contributed by atoms with Crippen molar-refractivity contribution in [3.63, 3.8) is 0 Å². The van der Waals surface area contributed by atoms with Crippen molar-refractivity contribution in [2.45, 2.75) is 26.0 Å². The molecule has 15 heavy (non-hydrogen) atoms. The molecule has 1 aromatic carbocycles. The summed E-state index contributed by atoms with van der Waals surface area (Å²) in [7, 11) is 0. The zero-order chi connectivity index (χ0) is 11.6. The van der Waals surface area contributed by atoms with Gasteiger partial charge in [-0.15, -0.1) is 0 Å². The van der Waals surface area contributed by atoms with Gasteiger partial charge in [-0.05, 0) is 23.6 Å². The third-order valence-corrected chi connectivity index (χ3v) is 3.12. The number of rotatable bonds is 3. The topological polar surface area (TPSA) is 46.2 Å². The highest BCUT2D eigenvalue weighted by atomic mass is 35.5. The maximum atomic E-state index is 9.81. The molecule has 0 amide bonds. The minimum atomic E-state index is -0.581. The van der Waals surface area contributed by atoms with Crippen LogP contribution in [0, 0.1) is 5.92 Å². The number of hydrogen-bond donors (Lipinski definition) is 2. The largest absolute Gasteiger partial charge is 0.391 e. The number of aliphatic hydroxyl groups excluding tert-OH is 1. The molecule has 0 aliphatic heterocycles. The van der Waals surface area contributed by atoms with Crippen LogP contribution in [-0.4, -0.2) is 11.2 Å². The van der Waals surface area contributed by atoms with Gasteiger partial charge in [0.15, 0.2) is 0 Å². The molecule has 0 bridgehead atoms. The van der Waals surface area contributed by atoms with Crippen LogP contribution in [0.15, 0.2) is 18.2 Å². The van der Waals surface area contributed by atoms with E-state index >= 15 is 0 Å². The highest BCUT2D eigenvalue weighted by molar-refractivity contribution is 6.42. The lowest BCUT2D eigenvalue weighted by atomic mass is 9.94. The summed E-state index contributed by atoms with van der Waals surface area (Å²) in [4.78, 5) is 0. The predicted octanol–water partition coefficient (Wildman–Crippen LogP) is 3.01. The van der Waals surface area contributed by atoms with Crippen molar-refractivity contribution >= 4 is 23.2 Å². The Bertz CT molecular complexity index is 341. The molecule has 0 spiro atoms. The molecule has 0 fully saturated rings. The number of halogens is 2. The van der Waals surface area contributed by atoms with E-state index in [-0.39, 0.29) is 5.92 Å². The van der Waals surface area contributed by atoms with Crippen molar-refractivity contribution in [1.29, 1.82) is 0 Å². The van der Waals surface area contributed by atoms with Gasteiger partial charge in [-0.3, -0.25) is 0 Å². The van der Waals surface area contributed by atoms with Gasteiger partial charge in [0.05, 0.1) is 22.2 Å². The number of benzene rings is 1. The SMILES string of the molecule is CC(C)[C@H](O)[C@H](N)c1ccc(Cl)c(Cl)c1. The molecule has 1 aromatic rings. The summed E-state index contributed by atoms with van der Waals surface area (Å²) in [6, 6.07) is 4.73. The average Bonchev–Trinajstić information content (AvgIpc) is 2.19. The lowest BCUT2D eigenvalue weighted by molar-refractivity contribution is 0.0979. The molecular weight excluding hydrogens is 233 g/mol. The van der Waals surface area contributed by atoms with Crippen LogP contribution in [0.25, 0.3) is 0 Å². The fourth-order valence-electron chi connectivity index (χ4n) is 1.33. The Morgan fingerprint density at radius 2 is 1.80 bits per heavy atom. The van der Waals surface area contributed by atoms with Gasteiger partial charge in [-0.25, -0.2) is 0 Å². The molecule has 84 valence electrons. The van der Waals surface area contributed by atoms with E-state index in [2.05, 4.69) is 0 Å². The third-order valence-electron chi connectivity index (χ3n) is 2.38. The molecular formula is C11H15Cl2NO. The summed E-state index contributed by atoms with van der Waals surface area (Å²) in [6.07, 6.45) is -0.581. The first-order valence-electron chi connectivity index (χ1n) is 4.82. The van der Waals surface area contributed by atoms with Gasteiger partial charge in [0, 0.05) is 0 Å². The summed E-state index contributed by atoms with van der Waals surface area (Å²) < 4.78 is 0. The Morgan fingerprint density at radius 3 is 2.27 bits per heavy atom. The van der Waals surface area contributed by atoms with Gasteiger partial charge in [-0.2, -0.15) is 0 Å². The first kappa shape index (κ1) is 12.8. The molecule has 0 unspecified atom stereocenters. The van der Waals surface area contributed by atoms with Gasteiger partial charge in [0.25, 0.3) is 0 Å². The molecule has 4 heteroatoms. The van der Waals surface area contributed by atoms with Crippen LogP contribution < -0.4 is 5.73 Å². The maximum Gasteiger partial charge on any atom is 0.0755 e. The second-order valence-corrected chi connectivity index (χ2v) is 4.75. The van der Waals surface area contributed by atoms with Crippen LogP contribution in [0.1, 0.15) is 25.5 Å².